The zero-order chi connectivity index (χ0) is 11.8. The van der Waals surface area contributed by atoms with Crippen LogP contribution in [0.25, 0.3) is 0 Å². The van der Waals surface area contributed by atoms with Gasteiger partial charge in [-0.2, -0.15) is 0 Å². The van der Waals surface area contributed by atoms with Crippen LogP contribution >= 0.6 is 0 Å². The molecule has 0 atom stereocenters. The van der Waals surface area contributed by atoms with Crippen LogP contribution in [0.3, 0.4) is 0 Å². The Hall–Kier alpha value is -1.38. The van der Waals surface area contributed by atoms with Crippen LogP contribution in [0, 0.1) is 6.92 Å². The molecule has 1 aliphatic rings. The van der Waals surface area contributed by atoms with Crippen molar-refractivity contribution >= 4 is 5.91 Å². The highest BCUT2D eigenvalue weighted by atomic mass is 19.1. The van der Waals surface area contributed by atoms with Crippen LogP contribution in [0.5, 0.6) is 0 Å². The fraction of sp³-hybridized carbons (Fsp3) is 0.462. The molecule has 2 rings (SSSR count). The van der Waals surface area contributed by atoms with Gasteiger partial charge in [-0.05, 0) is 19.4 Å². The van der Waals surface area contributed by atoms with Gasteiger partial charge in [0.15, 0.2) is 0 Å². The number of rotatable bonds is 2. The van der Waals surface area contributed by atoms with E-state index in [1.165, 1.54) is 12.5 Å². The van der Waals surface area contributed by atoms with E-state index in [4.69, 9.17) is 0 Å². The molecule has 3 heteroatoms. The van der Waals surface area contributed by atoms with E-state index in [2.05, 4.69) is 0 Å². The molecule has 1 heterocycles. The molecule has 1 aromatic carbocycles. The minimum Gasteiger partial charge on any atom is -0.336 e. The molecular weight excluding hydrogens is 205 g/mol. The van der Waals surface area contributed by atoms with Crippen LogP contribution in [0.4, 0.5) is 4.39 Å². The van der Waals surface area contributed by atoms with Crippen molar-refractivity contribution in [2.24, 2.45) is 0 Å². The van der Waals surface area contributed by atoms with Crippen LogP contribution in [0.15, 0.2) is 24.3 Å². The first-order chi connectivity index (χ1) is 7.46. The van der Waals surface area contributed by atoms with Gasteiger partial charge in [0.05, 0.1) is 19.5 Å². The third-order valence-corrected chi connectivity index (χ3v) is 2.87. The van der Waals surface area contributed by atoms with E-state index in [9.17, 15) is 9.18 Å². The number of hydrogen-bond donors (Lipinski definition) is 0. The lowest BCUT2D eigenvalue weighted by Gasteiger charge is -2.42. The number of hydrogen-bond acceptors (Lipinski definition) is 1. The molecule has 0 saturated carbocycles. The van der Waals surface area contributed by atoms with Gasteiger partial charge in [-0.1, -0.05) is 29.8 Å². The summed E-state index contributed by atoms with van der Waals surface area (Å²) in [4.78, 5) is 13.3. The number of likely N-dealkylation sites (tertiary alicyclic amines) is 1. The number of carbonyl (C=O) groups is 1. The van der Waals surface area contributed by atoms with Gasteiger partial charge >= 0.3 is 0 Å². The van der Waals surface area contributed by atoms with Gasteiger partial charge < -0.3 is 4.90 Å². The Morgan fingerprint density at radius 1 is 1.38 bits per heavy atom. The molecule has 1 amide bonds. The topological polar surface area (TPSA) is 20.3 Å². The van der Waals surface area contributed by atoms with Crippen molar-refractivity contribution in [3.8, 4) is 0 Å². The summed E-state index contributed by atoms with van der Waals surface area (Å²) in [6.07, 6.45) is 0.371. The maximum atomic E-state index is 13.2. The fourth-order valence-corrected chi connectivity index (χ4v) is 1.92. The Morgan fingerprint density at radius 2 is 1.94 bits per heavy atom. The van der Waals surface area contributed by atoms with Crippen LogP contribution in [-0.4, -0.2) is 29.6 Å². The van der Waals surface area contributed by atoms with Gasteiger partial charge in [-0.15, -0.1) is 0 Å². The van der Waals surface area contributed by atoms with E-state index in [1.807, 2.05) is 31.2 Å². The molecule has 86 valence electrons. The molecule has 0 aliphatic carbocycles. The molecule has 0 unspecified atom stereocenters. The van der Waals surface area contributed by atoms with Crippen molar-refractivity contribution < 1.29 is 9.18 Å². The van der Waals surface area contributed by atoms with Crippen LogP contribution in [0.1, 0.15) is 18.1 Å². The molecule has 0 radical (unpaired) electrons. The van der Waals surface area contributed by atoms with Gasteiger partial charge in [-0.25, -0.2) is 4.39 Å². The molecule has 1 saturated heterocycles. The maximum absolute atomic E-state index is 13.2. The van der Waals surface area contributed by atoms with Crippen molar-refractivity contribution in [3.63, 3.8) is 0 Å². The SMILES string of the molecule is Cc1ccc(CC(=O)N2CC(C)(F)C2)cc1. The zero-order valence-corrected chi connectivity index (χ0v) is 9.66. The summed E-state index contributed by atoms with van der Waals surface area (Å²) in [5.41, 5.74) is 0.989. The minimum atomic E-state index is -1.18. The lowest BCUT2D eigenvalue weighted by Crippen LogP contribution is -2.59. The summed E-state index contributed by atoms with van der Waals surface area (Å²) >= 11 is 0. The number of alkyl halides is 1. The van der Waals surface area contributed by atoms with Gasteiger partial charge in [0.25, 0.3) is 0 Å². The normalized spacial score (nSPS) is 18.1. The minimum absolute atomic E-state index is 0.0129. The summed E-state index contributed by atoms with van der Waals surface area (Å²) in [5.74, 6) is 0.0129. The van der Waals surface area contributed by atoms with Crippen molar-refractivity contribution in [1.82, 2.24) is 4.90 Å². The average molecular weight is 221 g/mol. The highest BCUT2D eigenvalue weighted by molar-refractivity contribution is 5.79. The Bertz CT molecular complexity index is 389. The zero-order valence-electron chi connectivity index (χ0n) is 9.66. The van der Waals surface area contributed by atoms with Crippen molar-refractivity contribution in [3.05, 3.63) is 35.4 Å². The van der Waals surface area contributed by atoms with E-state index in [1.54, 1.807) is 4.90 Å². The third kappa shape index (κ3) is 2.40. The fourth-order valence-electron chi connectivity index (χ4n) is 1.92. The van der Waals surface area contributed by atoms with Gasteiger partial charge in [0.1, 0.15) is 5.67 Å². The molecule has 1 aliphatic heterocycles. The summed E-state index contributed by atoms with van der Waals surface area (Å²) in [7, 11) is 0. The van der Waals surface area contributed by atoms with Gasteiger partial charge in [0.2, 0.25) is 5.91 Å². The summed E-state index contributed by atoms with van der Waals surface area (Å²) in [6, 6.07) is 7.86. The highest BCUT2D eigenvalue weighted by Gasteiger charge is 2.41. The number of aryl methyl sites for hydroxylation is 1. The molecule has 2 nitrogen and oxygen atoms in total. The Balaban J connectivity index is 1.91. The maximum Gasteiger partial charge on any atom is 0.227 e. The van der Waals surface area contributed by atoms with E-state index >= 15 is 0 Å². The number of nitrogens with zero attached hydrogens (tertiary/aromatic N) is 1. The summed E-state index contributed by atoms with van der Waals surface area (Å²) < 4.78 is 13.2. The predicted octanol–water partition coefficient (Wildman–Crippen LogP) is 2.11. The number of amides is 1. The second-order valence-electron chi connectivity index (χ2n) is 4.83. The van der Waals surface area contributed by atoms with E-state index < -0.39 is 5.67 Å². The molecule has 0 N–H and O–H groups in total. The Labute approximate surface area is 95.1 Å². The van der Waals surface area contributed by atoms with E-state index in [0.717, 1.165) is 5.56 Å². The molecule has 1 fully saturated rings. The summed E-state index contributed by atoms with van der Waals surface area (Å²) in [6.45, 7) is 4.01. The molecular formula is C13H16FNO. The Kier molecular flexibility index (Phi) is 2.70. The van der Waals surface area contributed by atoms with E-state index in [-0.39, 0.29) is 19.0 Å². The largest absolute Gasteiger partial charge is 0.336 e. The molecule has 0 spiro atoms. The number of halogens is 1. The molecule has 0 aromatic heterocycles. The smallest absolute Gasteiger partial charge is 0.227 e. The second-order valence-corrected chi connectivity index (χ2v) is 4.83. The van der Waals surface area contributed by atoms with Crippen molar-refractivity contribution in [1.29, 1.82) is 0 Å². The van der Waals surface area contributed by atoms with Crippen LogP contribution < -0.4 is 0 Å². The molecule has 16 heavy (non-hydrogen) atoms. The van der Waals surface area contributed by atoms with Crippen molar-refractivity contribution in [2.45, 2.75) is 25.9 Å². The third-order valence-electron chi connectivity index (χ3n) is 2.87. The summed E-state index contributed by atoms with van der Waals surface area (Å²) in [5, 5.41) is 0. The highest BCUT2D eigenvalue weighted by Crippen LogP contribution is 2.24. The van der Waals surface area contributed by atoms with E-state index in [0.29, 0.717) is 6.42 Å². The first-order valence-corrected chi connectivity index (χ1v) is 5.48. The number of benzene rings is 1. The second kappa shape index (κ2) is 3.89. The monoisotopic (exact) mass is 221 g/mol. The van der Waals surface area contributed by atoms with Crippen LogP contribution in [0.2, 0.25) is 0 Å². The Morgan fingerprint density at radius 3 is 2.44 bits per heavy atom. The van der Waals surface area contributed by atoms with Gasteiger partial charge in [-0.3, -0.25) is 4.79 Å². The van der Waals surface area contributed by atoms with Crippen molar-refractivity contribution in [2.75, 3.05) is 13.1 Å². The molecule has 0 bridgehead atoms. The van der Waals surface area contributed by atoms with Gasteiger partial charge in [0, 0.05) is 0 Å². The first kappa shape index (κ1) is 11.1. The molecule has 1 aromatic rings. The number of carbonyl (C=O) groups excluding carboxylic acids is 1. The quantitative estimate of drug-likeness (QED) is 0.749. The lowest BCUT2D eigenvalue weighted by molar-refractivity contribution is -0.143. The predicted molar refractivity (Wildman–Crippen MR) is 61.0 cm³/mol. The van der Waals surface area contributed by atoms with Crippen LogP contribution in [-0.2, 0) is 11.2 Å². The average Bonchev–Trinajstić information content (AvgIpc) is 2.18. The first-order valence-electron chi connectivity index (χ1n) is 5.48. The lowest BCUT2D eigenvalue weighted by atomic mass is 9.98. The standard InChI is InChI=1S/C13H16FNO/c1-10-3-5-11(6-4-10)7-12(16)15-8-13(2,14)9-15/h3-6H,7-9H2,1-2H3.